The number of piperidine rings is 1. The second-order valence-electron chi connectivity index (χ2n) is 6.24. The van der Waals surface area contributed by atoms with Crippen molar-refractivity contribution >= 4 is 33.0 Å². The van der Waals surface area contributed by atoms with Gasteiger partial charge in [-0.25, -0.2) is 8.42 Å². The lowest BCUT2D eigenvalue weighted by Gasteiger charge is -2.32. The third-order valence-corrected chi connectivity index (χ3v) is 6.13. The van der Waals surface area contributed by atoms with Crippen LogP contribution in [0.1, 0.15) is 40.0 Å². The topological polar surface area (TPSA) is 61.4 Å². The Morgan fingerprint density at radius 2 is 1.91 bits per heavy atom. The molecule has 5 nitrogen and oxygen atoms in total. The summed E-state index contributed by atoms with van der Waals surface area (Å²) in [6.07, 6.45) is 2.95. The normalized spacial score (nSPS) is 19.6. The van der Waals surface area contributed by atoms with Crippen LogP contribution in [0, 0.1) is 0 Å². The largest absolute Gasteiger partial charge is 0.360 e. The molecule has 1 aliphatic heterocycles. The van der Waals surface area contributed by atoms with Crippen molar-refractivity contribution in [1.82, 2.24) is 9.62 Å². The fraction of sp³-hybridized carbons (Fsp3) is 0.562. The molecule has 0 amide bonds. The Morgan fingerprint density at radius 1 is 1.26 bits per heavy atom. The summed E-state index contributed by atoms with van der Waals surface area (Å²) >= 11 is 5.19. The number of sulfonamides is 1. The van der Waals surface area contributed by atoms with E-state index in [9.17, 15) is 8.42 Å². The highest BCUT2D eigenvalue weighted by Crippen LogP contribution is 2.25. The van der Waals surface area contributed by atoms with E-state index in [1.807, 2.05) is 20.8 Å². The molecule has 23 heavy (non-hydrogen) atoms. The molecule has 1 atom stereocenters. The number of anilines is 1. The van der Waals surface area contributed by atoms with Gasteiger partial charge in [0.25, 0.3) is 0 Å². The summed E-state index contributed by atoms with van der Waals surface area (Å²) in [5.74, 6) is 0. The van der Waals surface area contributed by atoms with E-state index in [0.717, 1.165) is 24.9 Å². The first-order valence-corrected chi connectivity index (χ1v) is 9.85. The van der Waals surface area contributed by atoms with E-state index in [4.69, 9.17) is 12.2 Å². The van der Waals surface area contributed by atoms with E-state index < -0.39 is 10.0 Å². The Balaban J connectivity index is 2.10. The minimum absolute atomic E-state index is 0.0642. The standard InChI is InChI=1S/C16H25N3O2S2/c1-12(2)17-16(22)18-14-7-9-15(10-8-14)23(20,21)19-11-5-4-6-13(19)3/h7-10,12-13H,4-6,11H2,1-3H3,(H2,17,18,22)/t13-/m0/s1. The molecule has 0 spiro atoms. The number of benzene rings is 1. The molecule has 0 radical (unpaired) electrons. The molecule has 128 valence electrons. The van der Waals surface area contributed by atoms with Crippen LogP contribution in [0.4, 0.5) is 5.69 Å². The second-order valence-corrected chi connectivity index (χ2v) is 8.54. The Morgan fingerprint density at radius 3 is 2.48 bits per heavy atom. The van der Waals surface area contributed by atoms with Crippen LogP contribution in [0.3, 0.4) is 0 Å². The molecule has 0 saturated carbocycles. The van der Waals surface area contributed by atoms with E-state index >= 15 is 0 Å². The van der Waals surface area contributed by atoms with Gasteiger partial charge in [0.2, 0.25) is 10.0 Å². The third-order valence-electron chi connectivity index (χ3n) is 3.88. The zero-order valence-electron chi connectivity index (χ0n) is 13.9. The van der Waals surface area contributed by atoms with Crippen LogP contribution >= 0.6 is 12.2 Å². The summed E-state index contributed by atoms with van der Waals surface area (Å²) in [5.41, 5.74) is 0.772. The average molecular weight is 356 g/mol. The summed E-state index contributed by atoms with van der Waals surface area (Å²) in [4.78, 5) is 0.333. The zero-order chi connectivity index (χ0) is 17.0. The van der Waals surface area contributed by atoms with Crippen LogP contribution in [0.25, 0.3) is 0 Å². The van der Waals surface area contributed by atoms with E-state index in [2.05, 4.69) is 10.6 Å². The molecule has 1 heterocycles. The SMILES string of the molecule is CC(C)NC(=S)Nc1ccc(S(=O)(=O)N2CCCC[C@@H]2C)cc1. The van der Waals surface area contributed by atoms with Crippen LogP contribution in [-0.4, -0.2) is 36.5 Å². The van der Waals surface area contributed by atoms with Crippen molar-refractivity contribution in [2.24, 2.45) is 0 Å². The highest BCUT2D eigenvalue weighted by Gasteiger charge is 2.30. The quantitative estimate of drug-likeness (QED) is 0.813. The molecule has 1 aromatic rings. The molecule has 0 unspecified atom stereocenters. The lowest BCUT2D eigenvalue weighted by Crippen LogP contribution is -2.41. The van der Waals surface area contributed by atoms with Gasteiger partial charge in [0.15, 0.2) is 5.11 Å². The van der Waals surface area contributed by atoms with Crippen molar-refractivity contribution in [1.29, 1.82) is 0 Å². The van der Waals surface area contributed by atoms with Crippen molar-refractivity contribution in [2.75, 3.05) is 11.9 Å². The Bertz CT molecular complexity index is 642. The number of hydrogen-bond donors (Lipinski definition) is 2. The van der Waals surface area contributed by atoms with Gasteiger partial charge in [-0.2, -0.15) is 4.31 Å². The smallest absolute Gasteiger partial charge is 0.243 e. The minimum Gasteiger partial charge on any atom is -0.360 e. The van der Waals surface area contributed by atoms with Gasteiger partial charge in [0.1, 0.15) is 0 Å². The minimum atomic E-state index is -3.42. The second kappa shape index (κ2) is 7.59. The molecule has 0 aromatic heterocycles. The number of rotatable bonds is 4. The molecule has 1 saturated heterocycles. The van der Waals surface area contributed by atoms with Gasteiger partial charge >= 0.3 is 0 Å². The van der Waals surface area contributed by atoms with Gasteiger partial charge in [-0.3, -0.25) is 0 Å². The molecule has 0 aliphatic carbocycles. The molecule has 2 N–H and O–H groups in total. The van der Waals surface area contributed by atoms with Crippen molar-refractivity contribution in [3.05, 3.63) is 24.3 Å². The number of thiocarbonyl (C=S) groups is 1. The molecule has 1 aliphatic rings. The van der Waals surface area contributed by atoms with E-state index in [-0.39, 0.29) is 12.1 Å². The lowest BCUT2D eigenvalue weighted by atomic mass is 10.1. The maximum Gasteiger partial charge on any atom is 0.243 e. The molecular weight excluding hydrogens is 330 g/mol. The van der Waals surface area contributed by atoms with Crippen molar-refractivity contribution in [3.63, 3.8) is 0 Å². The van der Waals surface area contributed by atoms with Crippen LogP contribution in [-0.2, 0) is 10.0 Å². The fourth-order valence-electron chi connectivity index (χ4n) is 2.70. The van der Waals surface area contributed by atoms with Gasteiger partial charge < -0.3 is 10.6 Å². The first kappa shape index (κ1) is 18.2. The predicted octanol–water partition coefficient (Wildman–Crippen LogP) is 2.94. The Hall–Kier alpha value is -1.18. The zero-order valence-corrected chi connectivity index (χ0v) is 15.5. The fourth-order valence-corrected chi connectivity index (χ4v) is 4.76. The summed E-state index contributed by atoms with van der Waals surface area (Å²) in [6, 6.07) is 7.07. The number of nitrogens with one attached hydrogen (secondary N) is 2. The van der Waals surface area contributed by atoms with Crippen LogP contribution in [0.15, 0.2) is 29.2 Å². The molecule has 1 aromatic carbocycles. The summed E-state index contributed by atoms with van der Waals surface area (Å²) < 4.78 is 27.1. The predicted molar refractivity (Wildman–Crippen MR) is 98.1 cm³/mol. The summed E-state index contributed by atoms with van der Waals surface area (Å²) in [7, 11) is -3.42. The number of nitrogens with zero attached hydrogens (tertiary/aromatic N) is 1. The summed E-state index contributed by atoms with van der Waals surface area (Å²) in [5, 5.41) is 6.67. The van der Waals surface area contributed by atoms with Crippen molar-refractivity contribution in [2.45, 2.75) is 57.0 Å². The van der Waals surface area contributed by atoms with Gasteiger partial charge in [-0.1, -0.05) is 6.42 Å². The highest BCUT2D eigenvalue weighted by molar-refractivity contribution is 7.89. The highest BCUT2D eigenvalue weighted by atomic mass is 32.2. The van der Waals surface area contributed by atoms with Crippen LogP contribution in [0.2, 0.25) is 0 Å². The van der Waals surface area contributed by atoms with Gasteiger partial charge in [0, 0.05) is 24.3 Å². The third kappa shape index (κ3) is 4.65. The van der Waals surface area contributed by atoms with Crippen LogP contribution in [0.5, 0.6) is 0 Å². The van der Waals surface area contributed by atoms with E-state index in [1.54, 1.807) is 28.6 Å². The van der Waals surface area contributed by atoms with Crippen molar-refractivity contribution < 1.29 is 8.42 Å². The van der Waals surface area contributed by atoms with Crippen LogP contribution < -0.4 is 10.6 Å². The Kier molecular flexibility index (Phi) is 6.00. The Labute approximate surface area is 144 Å². The van der Waals surface area contributed by atoms with Crippen molar-refractivity contribution in [3.8, 4) is 0 Å². The molecule has 0 bridgehead atoms. The van der Waals surface area contributed by atoms with Gasteiger partial charge in [0.05, 0.1) is 4.90 Å². The first-order chi connectivity index (χ1) is 10.8. The average Bonchev–Trinajstić information content (AvgIpc) is 2.47. The maximum atomic E-state index is 12.7. The monoisotopic (exact) mass is 355 g/mol. The maximum absolute atomic E-state index is 12.7. The summed E-state index contributed by atoms with van der Waals surface area (Å²) in [6.45, 7) is 6.58. The van der Waals surface area contributed by atoms with Gasteiger partial charge in [-0.05, 0) is 70.1 Å². The molecular formula is C16H25N3O2S2. The molecule has 2 rings (SSSR count). The van der Waals surface area contributed by atoms with E-state index in [1.165, 1.54) is 0 Å². The lowest BCUT2D eigenvalue weighted by molar-refractivity contribution is 0.268. The molecule has 1 fully saturated rings. The number of hydrogen-bond acceptors (Lipinski definition) is 3. The van der Waals surface area contributed by atoms with E-state index in [0.29, 0.717) is 16.6 Å². The first-order valence-electron chi connectivity index (χ1n) is 8.00. The van der Waals surface area contributed by atoms with Gasteiger partial charge in [-0.15, -0.1) is 0 Å². The molecule has 7 heteroatoms.